The Kier molecular flexibility index (Phi) is 12.5. The van der Waals surface area contributed by atoms with Crippen LogP contribution in [0.25, 0.3) is 0 Å². The average molecular weight is 635 g/mol. The van der Waals surface area contributed by atoms with Gasteiger partial charge in [0.25, 0.3) is 0 Å². The first-order valence-corrected chi connectivity index (χ1v) is 16.4. The van der Waals surface area contributed by atoms with Gasteiger partial charge in [-0.3, -0.25) is 13.9 Å². The first-order valence-electron chi connectivity index (χ1n) is 13.8. The number of likely N-dealkylation sites (N-methyl/N-ethyl adjacent to an activating group) is 1. The summed E-state index contributed by atoms with van der Waals surface area (Å²) >= 11 is 12.6. The number of amides is 2. The molecule has 3 rings (SSSR count). The van der Waals surface area contributed by atoms with Crippen molar-refractivity contribution in [3.8, 4) is 5.75 Å². The van der Waals surface area contributed by atoms with Crippen LogP contribution < -0.4 is 14.4 Å². The van der Waals surface area contributed by atoms with E-state index in [1.165, 1.54) is 9.21 Å². The lowest BCUT2D eigenvalue weighted by Gasteiger charge is -2.32. The maximum Gasteiger partial charge on any atom is 0.243 e. The second-order valence-electron chi connectivity index (χ2n) is 9.70. The summed E-state index contributed by atoms with van der Waals surface area (Å²) in [6, 6.07) is 20.5. The zero-order valence-electron chi connectivity index (χ0n) is 24.1. The van der Waals surface area contributed by atoms with Crippen LogP contribution in [0.2, 0.25) is 10.0 Å². The van der Waals surface area contributed by atoms with Crippen molar-refractivity contribution in [3.05, 3.63) is 94.0 Å². The highest BCUT2D eigenvalue weighted by atomic mass is 35.5. The van der Waals surface area contributed by atoms with E-state index < -0.39 is 16.1 Å². The monoisotopic (exact) mass is 633 g/mol. The molecule has 0 saturated heterocycles. The van der Waals surface area contributed by atoms with Crippen LogP contribution in [-0.2, 0) is 32.6 Å². The van der Waals surface area contributed by atoms with Gasteiger partial charge in [-0.2, -0.15) is 0 Å². The van der Waals surface area contributed by atoms with Crippen molar-refractivity contribution in [2.24, 2.45) is 0 Å². The van der Waals surface area contributed by atoms with Crippen LogP contribution in [0, 0.1) is 0 Å². The summed E-state index contributed by atoms with van der Waals surface area (Å²) in [7, 11) is -3.68. The summed E-state index contributed by atoms with van der Waals surface area (Å²) in [4.78, 5) is 28.8. The molecule has 3 aromatic carbocycles. The maximum atomic E-state index is 13.9. The Morgan fingerprint density at radius 2 is 1.67 bits per heavy atom. The maximum absolute atomic E-state index is 13.9. The SMILES string of the molecule is CCNC(=O)C(Cc1ccccc1)N(Cc1ccc(Cl)cc1Cl)C(=O)CCCN(c1ccccc1OCC)S(C)(=O)=O. The Morgan fingerprint density at radius 3 is 2.31 bits per heavy atom. The number of benzene rings is 3. The number of ether oxygens (including phenoxy) is 1. The number of nitrogens with zero attached hydrogens (tertiary/aromatic N) is 2. The highest BCUT2D eigenvalue weighted by Crippen LogP contribution is 2.30. The zero-order chi connectivity index (χ0) is 30.7. The van der Waals surface area contributed by atoms with Crippen LogP contribution in [0.1, 0.15) is 37.8 Å². The summed E-state index contributed by atoms with van der Waals surface area (Å²) in [6.07, 6.45) is 1.63. The normalized spacial score (nSPS) is 11.9. The van der Waals surface area contributed by atoms with E-state index in [1.807, 2.05) is 44.2 Å². The van der Waals surface area contributed by atoms with Crippen LogP contribution >= 0.6 is 23.2 Å². The molecule has 0 aromatic heterocycles. The molecule has 0 fully saturated rings. The Bertz CT molecular complexity index is 1450. The van der Waals surface area contributed by atoms with Crippen LogP contribution in [-0.4, -0.2) is 57.1 Å². The number of carbonyl (C=O) groups is 2. The Balaban J connectivity index is 1.90. The molecule has 0 saturated carbocycles. The van der Waals surface area contributed by atoms with Gasteiger partial charge in [-0.25, -0.2) is 8.42 Å². The molecule has 226 valence electrons. The number of sulfonamides is 1. The van der Waals surface area contributed by atoms with Crippen molar-refractivity contribution in [1.82, 2.24) is 10.2 Å². The first kappa shape index (κ1) is 33.2. The quantitative estimate of drug-likeness (QED) is 0.231. The van der Waals surface area contributed by atoms with Gasteiger partial charge in [0.05, 0.1) is 18.6 Å². The molecule has 0 spiro atoms. The number of hydrogen-bond donors (Lipinski definition) is 1. The zero-order valence-corrected chi connectivity index (χ0v) is 26.4. The first-order chi connectivity index (χ1) is 20.0. The molecule has 8 nitrogen and oxygen atoms in total. The van der Waals surface area contributed by atoms with Gasteiger partial charge >= 0.3 is 0 Å². The van der Waals surface area contributed by atoms with Gasteiger partial charge < -0.3 is 15.0 Å². The number of halogens is 2. The standard InChI is InChI=1S/C31H37Cl2N3O5S/c1-4-34-31(38)28(20-23-12-7-6-8-13-23)35(22-24-17-18-25(32)21-26(24)33)30(37)16-11-19-36(42(3,39)40)27-14-9-10-15-29(27)41-5-2/h6-10,12-15,17-18,21,28H,4-5,11,16,19-20,22H2,1-3H3,(H,34,38). The lowest BCUT2D eigenvalue weighted by Crippen LogP contribution is -2.50. The molecule has 2 amide bonds. The van der Waals surface area contributed by atoms with Crippen molar-refractivity contribution in [1.29, 1.82) is 0 Å². The number of para-hydroxylation sites is 2. The van der Waals surface area contributed by atoms with E-state index in [1.54, 1.807) is 42.5 Å². The minimum Gasteiger partial charge on any atom is -0.492 e. The van der Waals surface area contributed by atoms with Gasteiger partial charge in [0, 0.05) is 42.5 Å². The number of carbonyl (C=O) groups excluding carboxylic acids is 2. The number of nitrogens with one attached hydrogen (secondary N) is 1. The third-order valence-corrected chi connectivity index (χ3v) is 8.33. The second kappa shape index (κ2) is 15.8. The summed E-state index contributed by atoms with van der Waals surface area (Å²) in [5.74, 6) is -0.155. The van der Waals surface area contributed by atoms with Crippen LogP contribution in [0.4, 0.5) is 5.69 Å². The van der Waals surface area contributed by atoms with E-state index in [4.69, 9.17) is 27.9 Å². The topological polar surface area (TPSA) is 96.0 Å². The molecule has 11 heteroatoms. The lowest BCUT2D eigenvalue weighted by atomic mass is 10.0. The Hall–Kier alpha value is -3.27. The molecule has 3 aromatic rings. The summed E-state index contributed by atoms with van der Waals surface area (Å²) < 4.78 is 32.4. The minimum absolute atomic E-state index is 0.00126. The molecule has 42 heavy (non-hydrogen) atoms. The number of anilines is 1. The fraction of sp³-hybridized carbons (Fsp3) is 0.355. The molecule has 0 heterocycles. The van der Waals surface area contributed by atoms with Crippen molar-refractivity contribution >= 4 is 50.7 Å². The summed E-state index contributed by atoms with van der Waals surface area (Å²) in [5.41, 5.74) is 1.94. The Labute approximate surface area is 258 Å². The highest BCUT2D eigenvalue weighted by molar-refractivity contribution is 7.92. The molecular formula is C31H37Cl2N3O5S. The average Bonchev–Trinajstić information content (AvgIpc) is 2.94. The highest BCUT2D eigenvalue weighted by Gasteiger charge is 2.31. The van der Waals surface area contributed by atoms with Gasteiger partial charge in [0.2, 0.25) is 21.8 Å². The predicted molar refractivity (Wildman–Crippen MR) is 169 cm³/mol. The molecule has 0 aliphatic carbocycles. The molecule has 1 N–H and O–H groups in total. The molecule has 1 atom stereocenters. The smallest absolute Gasteiger partial charge is 0.243 e. The molecule has 0 aliphatic rings. The van der Waals surface area contributed by atoms with E-state index >= 15 is 0 Å². The van der Waals surface area contributed by atoms with Gasteiger partial charge in [-0.05, 0) is 55.7 Å². The van der Waals surface area contributed by atoms with Crippen LogP contribution in [0.15, 0.2) is 72.8 Å². The van der Waals surface area contributed by atoms with Gasteiger partial charge in [-0.1, -0.05) is 71.7 Å². The van der Waals surface area contributed by atoms with Crippen LogP contribution in [0.3, 0.4) is 0 Å². The van der Waals surface area contributed by atoms with Gasteiger partial charge in [0.15, 0.2) is 0 Å². The second-order valence-corrected chi connectivity index (χ2v) is 12.4. The largest absolute Gasteiger partial charge is 0.492 e. The van der Waals surface area contributed by atoms with E-state index in [0.717, 1.165) is 11.8 Å². The molecule has 0 aliphatic heterocycles. The van der Waals surface area contributed by atoms with E-state index in [2.05, 4.69) is 5.32 Å². The summed E-state index contributed by atoms with van der Waals surface area (Å²) in [5, 5.41) is 3.69. The molecule has 0 bridgehead atoms. The summed E-state index contributed by atoms with van der Waals surface area (Å²) in [6.45, 7) is 4.54. The molecular weight excluding hydrogens is 597 g/mol. The lowest BCUT2D eigenvalue weighted by molar-refractivity contribution is -0.141. The third kappa shape index (κ3) is 9.37. The van der Waals surface area contributed by atoms with Crippen molar-refractivity contribution < 1.29 is 22.7 Å². The van der Waals surface area contributed by atoms with E-state index in [0.29, 0.717) is 46.6 Å². The van der Waals surface area contributed by atoms with Gasteiger partial charge in [0.1, 0.15) is 11.8 Å². The van der Waals surface area contributed by atoms with E-state index in [-0.39, 0.29) is 37.7 Å². The third-order valence-electron chi connectivity index (χ3n) is 6.56. The van der Waals surface area contributed by atoms with Gasteiger partial charge in [-0.15, -0.1) is 0 Å². The number of rotatable bonds is 15. The minimum atomic E-state index is -3.68. The Morgan fingerprint density at radius 1 is 0.976 bits per heavy atom. The predicted octanol–water partition coefficient (Wildman–Crippen LogP) is 5.71. The van der Waals surface area contributed by atoms with Crippen molar-refractivity contribution in [2.45, 2.75) is 45.7 Å². The fourth-order valence-corrected chi connectivity index (χ4v) is 6.04. The molecule has 0 radical (unpaired) electrons. The van der Waals surface area contributed by atoms with Crippen molar-refractivity contribution in [3.63, 3.8) is 0 Å². The van der Waals surface area contributed by atoms with E-state index in [9.17, 15) is 18.0 Å². The van der Waals surface area contributed by atoms with Crippen LogP contribution in [0.5, 0.6) is 5.75 Å². The molecule has 1 unspecified atom stereocenters. The fourth-order valence-electron chi connectivity index (χ4n) is 4.60. The number of hydrogen-bond acceptors (Lipinski definition) is 5. The van der Waals surface area contributed by atoms with Crippen molar-refractivity contribution in [2.75, 3.05) is 30.3 Å².